The molecule has 0 bridgehead atoms. The van der Waals surface area contributed by atoms with Crippen LogP contribution < -0.4 is 15.0 Å². The summed E-state index contributed by atoms with van der Waals surface area (Å²) in [6.07, 6.45) is 2.03. The van der Waals surface area contributed by atoms with Crippen molar-refractivity contribution in [1.82, 2.24) is 4.90 Å². The number of carbonyl (C=O) groups is 2. The van der Waals surface area contributed by atoms with E-state index in [1.165, 1.54) is 0 Å². The molecule has 3 rings (SSSR count). The molecule has 0 saturated carbocycles. The minimum absolute atomic E-state index is 0.0726. The quantitative estimate of drug-likeness (QED) is 0.661. The van der Waals surface area contributed by atoms with Crippen molar-refractivity contribution in [1.29, 1.82) is 0 Å². The standard InChI is InChI=1S/C23H28ClN3O3/c1-3-4-15-30-19-8-5-7-18(16-19)23(29)25-21-10-6-9-20(24)22(21)27-13-11-26(12-14-27)17(2)28/h5-10,16H,3-4,11-15H2,1-2H3,(H,25,29). The van der Waals surface area contributed by atoms with Gasteiger partial charge in [-0.2, -0.15) is 0 Å². The predicted octanol–water partition coefficient (Wildman–Crippen LogP) is 4.44. The highest BCUT2D eigenvalue weighted by molar-refractivity contribution is 6.34. The van der Waals surface area contributed by atoms with Crippen molar-refractivity contribution in [3.05, 3.63) is 53.1 Å². The number of hydrogen-bond donors (Lipinski definition) is 1. The van der Waals surface area contributed by atoms with E-state index in [0.29, 0.717) is 54.8 Å². The van der Waals surface area contributed by atoms with Gasteiger partial charge in [0.25, 0.3) is 5.91 Å². The largest absolute Gasteiger partial charge is 0.494 e. The van der Waals surface area contributed by atoms with Gasteiger partial charge in [-0.1, -0.05) is 37.1 Å². The number of nitrogens with zero attached hydrogens (tertiary/aromatic N) is 2. The second kappa shape index (κ2) is 10.3. The summed E-state index contributed by atoms with van der Waals surface area (Å²) in [6.45, 7) is 6.90. The molecule has 0 aliphatic carbocycles. The van der Waals surface area contributed by atoms with Crippen LogP contribution in [-0.2, 0) is 4.79 Å². The minimum atomic E-state index is -0.221. The molecule has 30 heavy (non-hydrogen) atoms. The van der Waals surface area contributed by atoms with E-state index in [1.54, 1.807) is 19.1 Å². The van der Waals surface area contributed by atoms with Gasteiger partial charge < -0.3 is 19.9 Å². The Morgan fingerprint density at radius 3 is 2.53 bits per heavy atom. The third-order valence-corrected chi connectivity index (χ3v) is 5.44. The average Bonchev–Trinajstić information content (AvgIpc) is 2.74. The van der Waals surface area contributed by atoms with Crippen LogP contribution in [0.25, 0.3) is 0 Å². The number of unbranched alkanes of at least 4 members (excludes halogenated alkanes) is 1. The summed E-state index contributed by atoms with van der Waals surface area (Å²) >= 11 is 6.49. The molecule has 0 atom stereocenters. The van der Waals surface area contributed by atoms with Gasteiger partial charge in [0.05, 0.1) is 23.0 Å². The molecule has 1 N–H and O–H groups in total. The lowest BCUT2D eigenvalue weighted by Crippen LogP contribution is -2.48. The molecule has 0 spiro atoms. The maximum absolute atomic E-state index is 12.9. The number of benzene rings is 2. The SMILES string of the molecule is CCCCOc1cccc(C(=O)Nc2cccc(Cl)c2N2CCN(C(C)=O)CC2)c1. The lowest BCUT2D eigenvalue weighted by molar-refractivity contribution is -0.129. The first-order valence-corrected chi connectivity index (χ1v) is 10.7. The number of rotatable bonds is 7. The third-order valence-electron chi connectivity index (χ3n) is 5.14. The molecule has 2 aromatic carbocycles. The first-order chi connectivity index (χ1) is 14.5. The lowest BCUT2D eigenvalue weighted by atomic mass is 10.1. The minimum Gasteiger partial charge on any atom is -0.494 e. The molecule has 1 heterocycles. The summed E-state index contributed by atoms with van der Waals surface area (Å²) in [5.41, 5.74) is 1.96. The Balaban J connectivity index is 1.74. The van der Waals surface area contributed by atoms with Crippen LogP contribution in [0.3, 0.4) is 0 Å². The lowest BCUT2D eigenvalue weighted by Gasteiger charge is -2.37. The number of para-hydroxylation sites is 1. The van der Waals surface area contributed by atoms with Gasteiger partial charge in [-0.3, -0.25) is 9.59 Å². The van der Waals surface area contributed by atoms with Crippen molar-refractivity contribution in [2.75, 3.05) is 43.0 Å². The maximum Gasteiger partial charge on any atom is 0.255 e. The third kappa shape index (κ3) is 5.45. The highest BCUT2D eigenvalue weighted by atomic mass is 35.5. The summed E-state index contributed by atoms with van der Waals surface area (Å²) in [5, 5.41) is 3.56. The fourth-order valence-corrected chi connectivity index (χ4v) is 3.73. The Hall–Kier alpha value is -2.73. The number of piperazine rings is 1. The molecule has 160 valence electrons. The molecule has 1 saturated heterocycles. The van der Waals surface area contributed by atoms with E-state index in [4.69, 9.17) is 16.3 Å². The summed E-state index contributed by atoms with van der Waals surface area (Å²) in [4.78, 5) is 28.4. The Kier molecular flexibility index (Phi) is 7.57. The second-order valence-electron chi connectivity index (χ2n) is 7.31. The van der Waals surface area contributed by atoms with Gasteiger partial charge in [-0.05, 0) is 36.8 Å². The number of ether oxygens (including phenoxy) is 1. The molecule has 0 unspecified atom stereocenters. The molecule has 1 aliphatic heterocycles. The number of anilines is 2. The molecule has 0 aromatic heterocycles. The summed E-state index contributed by atoms with van der Waals surface area (Å²) in [7, 11) is 0. The van der Waals surface area contributed by atoms with Crippen LogP contribution in [-0.4, -0.2) is 49.5 Å². The number of carbonyl (C=O) groups excluding carboxylic acids is 2. The fraction of sp³-hybridized carbons (Fsp3) is 0.391. The average molecular weight is 430 g/mol. The van der Waals surface area contributed by atoms with Crippen LogP contribution in [0.15, 0.2) is 42.5 Å². The monoisotopic (exact) mass is 429 g/mol. The highest BCUT2D eigenvalue weighted by Crippen LogP contribution is 2.35. The number of halogens is 1. The molecule has 2 aromatic rings. The predicted molar refractivity (Wildman–Crippen MR) is 121 cm³/mol. The first kappa shape index (κ1) is 22.0. The molecule has 7 heteroatoms. The van der Waals surface area contributed by atoms with E-state index in [1.807, 2.05) is 35.2 Å². The fourth-order valence-electron chi connectivity index (χ4n) is 3.44. The van der Waals surface area contributed by atoms with Gasteiger partial charge in [-0.25, -0.2) is 0 Å². The molecule has 1 aliphatic rings. The molecule has 6 nitrogen and oxygen atoms in total. The Bertz CT molecular complexity index is 895. The molecular formula is C23H28ClN3O3. The molecule has 1 fully saturated rings. The van der Waals surface area contributed by atoms with E-state index in [2.05, 4.69) is 17.1 Å². The van der Waals surface area contributed by atoms with Crippen molar-refractivity contribution in [2.45, 2.75) is 26.7 Å². The summed E-state index contributed by atoms with van der Waals surface area (Å²) < 4.78 is 5.71. The maximum atomic E-state index is 12.9. The zero-order valence-electron chi connectivity index (χ0n) is 17.5. The first-order valence-electron chi connectivity index (χ1n) is 10.3. The Labute approximate surface area is 182 Å². The smallest absolute Gasteiger partial charge is 0.255 e. The normalized spacial score (nSPS) is 13.8. The van der Waals surface area contributed by atoms with Gasteiger partial charge >= 0.3 is 0 Å². The van der Waals surface area contributed by atoms with Crippen LogP contribution >= 0.6 is 11.6 Å². The topological polar surface area (TPSA) is 61.9 Å². The Morgan fingerprint density at radius 2 is 1.83 bits per heavy atom. The van der Waals surface area contributed by atoms with E-state index in [0.717, 1.165) is 18.5 Å². The van der Waals surface area contributed by atoms with Crippen LogP contribution in [0.5, 0.6) is 5.75 Å². The van der Waals surface area contributed by atoms with Crippen LogP contribution in [0.2, 0.25) is 5.02 Å². The summed E-state index contributed by atoms with van der Waals surface area (Å²) in [5.74, 6) is 0.535. The zero-order chi connectivity index (χ0) is 21.5. The van der Waals surface area contributed by atoms with E-state index in [-0.39, 0.29) is 11.8 Å². The summed E-state index contributed by atoms with van der Waals surface area (Å²) in [6, 6.07) is 12.7. The van der Waals surface area contributed by atoms with Gasteiger partial charge in [0.1, 0.15) is 5.75 Å². The van der Waals surface area contributed by atoms with E-state index < -0.39 is 0 Å². The van der Waals surface area contributed by atoms with Gasteiger partial charge in [0.2, 0.25) is 5.91 Å². The van der Waals surface area contributed by atoms with E-state index >= 15 is 0 Å². The van der Waals surface area contributed by atoms with Gasteiger partial charge in [0, 0.05) is 38.7 Å². The number of nitrogens with one attached hydrogen (secondary N) is 1. The van der Waals surface area contributed by atoms with Crippen molar-refractivity contribution in [3.8, 4) is 5.75 Å². The number of amides is 2. The van der Waals surface area contributed by atoms with Crippen LogP contribution in [0.1, 0.15) is 37.0 Å². The van der Waals surface area contributed by atoms with Crippen molar-refractivity contribution < 1.29 is 14.3 Å². The zero-order valence-corrected chi connectivity index (χ0v) is 18.2. The van der Waals surface area contributed by atoms with Crippen LogP contribution in [0, 0.1) is 0 Å². The molecule has 2 amide bonds. The van der Waals surface area contributed by atoms with Crippen molar-refractivity contribution >= 4 is 34.8 Å². The van der Waals surface area contributed by atoms with E-state index in [9.17, 15) is 9.59 Å². The van der Waals surface area contributed by atoms with Crippen LogP contribution in [0.4, 0.5) is 11.4 Å². The van der Waals surface area contributed by atoms with Gasteiger partial charge in [0.15, 0.2) is 0 Å². The number of hydrogen-bond acceptors (Lipinski definition) is 4. The molecular weight excluding hydrogens is 402 g/mol. The second-order valence-corrected chi connectivity index (χ2v) is 7.72. The van der Waals surface area contributed by atoms with Crippen molar-refractivity contribution in [2.24, 2.45) is 0 Å². The highest BCUT2D eigenvalue weighted by Gasteiger charge is 2.23. The molecule has 0 radical (unpaired) electrons. The van der Waals surface area contributed by atoms with Gasteiger partial charge in [-0.15, -0.1) is 0 Å². The van der Waals surface area contributed by atoms with Crippen molar-refractivity contribution in [3.63, 3.8) is 0 Å². The Morgan fingerprint density at radius 1 is 1.10 bits per heavy atom.